The highest BCUT2D eigenvalue weighted by Crippen LogP contribution is 2.29. The molecule has 0 saturated carbocycles. The third-order valence-electron chi connectivity index (χ3n) is 4.65. The molecule has 0 unspecified atom stereocenters. The Morgan fingerprint density at radius 1 is 1.06 bits per heavy atom. The van der Waals surface area contributed by atoms with Crippen LogP contribution in [0.2, 0.25) is 0 Å². The van der Waals surface area contributed by atoms with Crippen LogP contribution in [0.25, 0.3) is 5.69 Å². The van der Waals surface area contributed by atoms with Crippen molar-refractivity contribution in [2.75, 3.05) is 11.4 Å². The van der Waals surface area contributed by atoms with Crippen LogP contribution in [0.4, 0.5) is 19.0 Å². The van der Waals surface area contributed by atoms with Crippen LogP contribution in [0.3, 0.4) is 0 Å². The lowest BCUT2D eigenvalue weighted by atomic mass is 10.0. The first-order valence-corrected chi connectivity index (χ1v) is 9.47. The second-order valence-corrected chi connectivity index (χ2v) is 7.44. The predicted molar refractivity (Wildman–Crippen MR) is 114 cm³/mol. The molecule has 0 atom stereocenters. The Morgan fingerprint density at radius 2 is 1.74 bits per heavy atom. The molecule has 2 aromatic carbocycles. The molecule has 9 heteroatoms. The maximum absolute atomic E-state index is 15.0. The first-order chi connectivity index (χ1) is 14.6. The smallest absolute Gasteiger partial charge is 0.256 e. The fraction of sp³-hybridized carbons (Fsp3) is 0.136. The van der Waals surface area contributed by atoms with Crippen LogP contribution in [-0.4, -0.2) is 23.7 Å². The quantitative estimate of drug-likeness (QED) is 0.355. The lowest BCUT2D eigenvalue weighted by Gasteiger charge is -2.23. The molecule has 0 N–H and O–H groups in total. The highest BCUT2D eigenvalue weighted by molar-refractivity contribution is 7.81. The van der Waals surface area contributed by atoms with Gasteiger partial charge in [0.25, 0.3) is 5.56 Å². The average Bonchev–Trinajstić information content (AvgIpc) is 2.68. The molecule has 3 rings (SSSR count). The van der Waals surface area contributed by atoms with Crippen molar-refractivity contribution < 1.29 is 22.8 Å². The molecule has 0 bridgehead atoms. The van der Waals surface area contributed by atoms with E-state index in [0.717, 1.165) is 33.1 Å². The standard InChI is InChI=1S/C22H17F3N2O3S/c1-12-9-13(7-8-28)10-18(25)20(12)27-19(29)6-5-16(22(27)26(2)31)21(30)15-4-3-14(23)11-17(15)24/h3-6,8-11,31H,7H2,1-2H3. The lowest BCUT2D eigenvalue weighted by Crippen LogP contribution is -2.27. The van der Waals surface area contributed by atoms with Gasteiger partial charge in [-0.25, -0.2) is 13.2 Å². The van der Waals surface area contributed by atoms with Crippen molar-refractivity contribution in [1.82, 2.24) is 4.57 Å². The summed E-state index contributed by atoms with van der Waals surface area (Å²) in [6, 6.07) is 7.41. The van der Waals surface area contributed by atoms with Crippen LogP contribution < -0.4 is 9.86 Å². The van der Waals surface area contributed by atoms with E-state index in [9.17, 15) is 23.2 Å². The third-order valence-corrected chi connectivity index (χ3v) is 4.84. The van der Waals surface area contributed by atoms with Crippen molar-refractivity contribution in [2.24, 2.45) is 0 Å². The van der Waals surface area contributed by atoms with E-state index in [-0.39, 0.29) is 23.5 Å². The summed E-state index contributed by atoms with van der Waals surface area (Å²) in [5, 5.41) is 0. The second kappa shape index (κ2) is 8.81. The lowest BCUT2D eigenvalue weighted by molar-refractivity contribution is -0.107. The molecular weight excluding hydrogens is 429 g/mol. The summed E-state index contributed by atoms with van der Waals surface area (Å²) in [5.41, 5.74) is -0.585. The van der Waals surface area contributed by atoms with Crippen molar-refractivity contribution in [3.05, 3.63) is 92.5 Å². The van der Waals surface area contributed by atoms with Gasteiger partial charge in [-0.3, -0.25) is 14.2 Å². The number of nitrogens with zero attached hydrogens (tertiary/aromatic N) is 2. The molecule has 0 aliphatic heterocycles. The number of aromatic nitrogens is 1. The van der Waals surface area contributed by atoms with E-state index in [0.29, 0.717) is 23.5 Å². The normalized spacial score (nSPS) is 10.8. The Morgan fingerprint density at radius 3 is 2.32 bits per heavy atom. The van der Waals surface area contributed by atoms with Crippen molar-refractivity contribution in [3.8, 4) is 5.69 Å². The van der Waals surface area contributed by atoms with E-state index in [2.05, 4.69) is 12.8 Å². The van der Waals surface area contributed by atoms with Crippen LogP contribution in [0.15, 0.2) is 47.3 Å². The zero-order chi connectivity index (χ0) is 22.9. The summed E-state index contributed by atoms with van der Waals surface area (Å²) < 4.78 is 44.6. The minimum atomic E-state index is -1.07. The number of benzene rings is 2. The zero-order valence-electron chi connectivity index (χ0n) is 16.5. The number of rotatable bonds is 6. The first kappa shape index (κ1) is 22.4. The number of pyridine rings is 1. The number of hydrogen-bond acceptors (Lipinski definition) is 5. The van der Waals surface area contributed by atoms with E-state index < -0.39 is 34.4 Å². The fourth-order valence-electron chi connectivity index (χ4n) is 3.36. The van der Waals surface area contributed by atoms with Gasteiger partial charge in [-0.2, -0.15) is 0 Å². The summed E-state index contributed by atoms with van der Waals surface area (Å²) in [6.07, 6.45) is 0.623. The summed E-state index contributed by atoms with van der Waals surface area (Å²) in [7, 11) is 1.42. The van der Waals surface area contributed by atoms with Crippen LogP contribution in [0, 0.1) is 24.4 Å². The molecule has 0 spiro atoms. The van der Waals surface area contributed by atoms with E-state index in [1.165, 1.54) is 13.1 Å². The summed E-state index contributed by atoms with van der Waals surface area (Å²) in [5.74, 6) is -3.64. The number of ketones is 1. The van der Waals surface area contributed by atoms with E-state index in [4.69, 9.17) is 0 Å². The summed E-state index contributed by atoms with van der Waals surface area (Å²) in [4.78, 5) is 36.5. The minimum Gasteiger partial charge on any atom is -0.307 e. The maximum Gasteiger partial charge on any atom is 0.256 e. The van der Waals surface area contributed by atoms with Gasteiger partial charge in [-0.05, 0) is 42.3 Å². The third kappa shape index (κ3) is 4.27. The highest BCUT2D eigenvalue weighted by Gasteiger charge is 2.25. The Labute approximate surface area is 181 Å². The first-order valence-electron chi connectivity index (χ1n) is 9.07. The Kier molecular flexibility index (Phi) is 6.35. The van der Waals surface area contributed by atoms with Crippen molar-refractivity contribution in [2.45, 2.75) is 13.3 Å². The molecular formula is C22H17F3N2O3S. The second-order valence-electron chi connectivity index (χ2n) is 6.84. The molecule has 160 valence electrons. The number of aldehydes is 1. The zero-order valence-corrected chi connectivity index (χ0v) is 17.4. The Bertz CT molecular complexity index is 1230. The van der Waals surface area contributed by atoms with Gasteiger partial charge in [0.15, 0.2) is 5.78 Å². The summed E-state index contributed by atoms with van der Waals surface area (Å²) in [6.45, 7) is 1.55. The van der Waals surface area contributed by atoms with Crippen LogP contribution >= 0.6 is 12.8 Å². The number of thiol groups is 1. The van der Waals surface area contributed by atoms with Gasteiger partial charge in [0.2, 0.25) is 0 Å². The molecule has 1 aromatic heterocycles. The summed E-state index contributed by atoms with van der Waals surface area (Å²) >= 11 is 4.19. The molecule has 0 saturated heterocycles. The fourth-order valence-corrected chi connectivity index (χ4v) is 3.56. The number of hydrogen-bond donors (Lipinski definition) is 1. The van der Waals surface area contributed by atoms with Crippen molar-refractivity contribution in [1.29, 1.82) is 0 Å². The van der Waals surface area contributed by atoms with E-state index >= 15 is 4.39 Å². The number of anilines is 1. The van der Waals surface area contributed by atoms with Gasteiger partial charge in [0.05, 0.1) is 16.8 Å². The average molecular weight is 446 g/mol. The molecule has 5 nitrogen and oxygen atoms in total. The topological polar surface area (TPSA) is 59.4 Å². The SMILES string of the molecule is Cc1cc(CC=O)cc(F)c1-n1c(N(C)S)c(C(=O)c2ccc(F)cc2F)ccc1=O. The van der Waals surface area contributed by atoms with Gasteiger partial charge in [0, 0.05) is 25.6 Å². The molecule has 0 amide bonds. The molecule has 0 fully saturated rings. The minimum absolute atomic E-state index is 0.00532. The number of carbonyl (C=O) groups is 2. The maximum atomic E-state index is 15.0. The molecule has 3 aromatic rings. The Hall–Kier alpha value is -3.33. The van der Waals surface area contributed by atoms with Crippen LogP contribution in [0.5, 0.6) is 0 Å². The van der Waals surface area contributed by atoms with Gasteiger partial charge >= 0.3 is 0 Å². The van der Waals surface area contributed by atoms with E-state index in [1.807, 2.05) is 0 Å². The van der Waals surface area contributed by atoms with Crippen molar-refractivity contribution >= 4 is 30.7 Å². The van der Waals surface area contributed by atoms with Gasteiger partial charge in [-0.15, -0.1) is 0 Å². The number of carbonyl (C=O) groups excluding carboxylic acids is 2. The molecule has 0 aliphatic rings. The molecule has 0 radical (unpaired) electrons. The molecule has 0 aliphatic carbocycles. The number of aryl methyl sites for hydroxylation is 1. The van der Waals surface area contributed by atoms with Gasteiger partial charge in [0.1, 0.15) is 29.6 Å². The predicted octanol–water partition coefficient (Wildman–Crippen LogP) is 3.82. The van der Waals surface area contributed by atoms with Gasteiger partial charge < -0.3 is 9.10 Å². The van der Waals surface area contributed by atoms with Gasteiger partial charge in [-0.1, -0.05) is 18.9 Å². The molecule has 31 heavy (non-hydrogen) atoms. The monoisotopic (exact) mass is 446 g/mol. The highest BCUT2D eigenvalue weighted by atomic mass is 32.1. The Balaban J connectivity index is 2.30. The molecule has 1 heterocycles. The number of halogens is 3. The largest absolute Gasteiger partial charge is 0.307 e. The van der Waals surface area contributed by atoms with Crippen LogP contribution in [-0.2, 0) is 11.2 Å². The van der Waals surface area contributed by atoms with Crippen molar-refractivity contribution in [3.63, 3.8) is 0 Å². The van der Waals surface area contributed by atoms with Crippen LogP contribution in [0.1, 0.15) is 27.0 Å². The van der Waals surface area contributed by atoms with E-state index in [1.54, 1.807) is 13.0 Å².